The second-order valence-electron chi connectivity index (χ2n) is 5.34. The average molecular weight is 276 g/mol. The van der Waals surface area contributed by atoms with Crippen molar-refractivity contribution in [2.75, 3.05) is 6.61 Å². The Morgan fingerprint density at radius 3 is 2.80 bits per heavy atom. The van der Waals surface area contributed by atoms with Crippen LogP contribution >= 0.6 is 0 Å². The number of aromatic nitrogens is 2. The summed E-state index contributed by atoms with van der Waals surface area (Å²) in [5, 5.41) is 0. The topological polar surface area (TPSA) is 44.1 Å². The number of nitrogens with zero attached hydrogens (tertiary/aromatic N) is 2. The summed E-state index contributed by atoms with van der Waals surface area (Å²) in [6.45, 7) is 5.72. The first-order chi connectivity index (χ1) is 9.40. The number of aryl methyl sites for hydroxylation is 1. The molecule has 0 radical (unpaired) electrons. The maximum absolute atomic E-state index is 13.7. The van der Waals surface area contributed by atoms with Crippen molar-refractivity contribution >= 4 is 5.97 Å². The van der Waals surface area contributed by atoms with Crippen LogP contribution in [0.15, 0.2) is 36.9 Å². The molecule has 1 heterocycles. The molecule has 0 aliphatic heterocycles. The molecule has 5 heteroatoms. The molecule has 0 saturated heterocycles. The van der Waals surface area contributed by atoms with Gasteiger partial charge in [-0.15, -0.1) is 0 Å². The highest BCUT2D eigenvalue weighted by molar-refractivity contribution is 5.89. The number of halogens is 1. The minimum absolute atomic E-state index is 0.0444. The van der Waals surface area contributed by atoms with E-state index in [1.807, 2.05) is 18.4 Å². The van der Waals surface area contributed by atoms with E-state index < -0.39 is 17.3 Å². The number of rotatable bonds is 4. The van der Waals surface area contributed by atoms with Gasteiger partial charge < -0.3 is 9.30 Å². The number of ether oxygens (including phenoxy) is 1. The van der Waals surface area contributed by atoms with E-state index in [9.17, 15) is 9.18 Å². The van der Waals surface area contributed by atoms with Crippen molar-refractivity contribution in [3.05, 3.63) is 53.9 Å². The normalized spacial score (nSPS) is 11.4. The molecule has 20 heavy (non-hydrogen) atoms. The smallest absolute Gasteiger partial charge is 0.341 e. The van der Waals surface area contributed by atoms with Crippen LogP contribution in [0.5, 0.6) is 0 Å². The monoisotopic (exact) mass is 276 g/mol. The molecular weight excluding hydrogens is 259 g/mol. The van der Waals surface area contributed by atoms with Crippen molar-refractivity contribution in [2.24, 2.45) is 0 Å². The lowest BCUT2D eigenvalue weighted by atomic mass is 10.1. The van der Waals surface area contributed by atoms with Crippen molar-refractivity contribution in [3.8, 4) is 0 Å². The van der Waals surface area contributed by atoms with Crippen LogP contribution in [0.25, 0.3) is 0 Å². The highest BCUT2D eigenvalue weighted by atomic mass is 19.1. The maximum Gasteiger partial charge on any atom is 0.341 e. The summed E-state index contributed by atoms with van der Waals surface area (Å²) in [5.41, 5.74) is 0.280. The molecule has 0 N–H and O–H groups in total. The zero-order valence-electron chi connectivity index (χ0n) is 11.8. The lowest BCUT2D eigenvalue weighted by Crippen LogP contribution is -2.32. The maximum atomic E-state index is 13.7. The quantitative estimate of drug-likeness (QED) is 0.806. The van der Waals surface area contributed by atoms with Crippen molar-refractivity contribution in [3.63, 3.8) is 0 Å². The third-order valence-electron chi connectivity index (χ3n) is 3.10. The van der Waals surface area contributed by atoms with Gasteiger partial charge in [0.25, 0.3) is 0 Å². The van der Waals surface area contributed by atoms with Crippen LogP contribution < -0.4 is 0 Å². The second kappa shape index (κ2) is 5.45. The summed E-state index contributed by atoms with van der Waals surface area (Å²) >= 11 is 0. The van der Waals surface area contributed by atoms with Gasteiger partial charge in [0.1, 0.15) is 12.4 Å². The van der Waals surface area contributed by atoms with Crippen LogP contribution in [-0.4, -0.2) is 22.1 Å². The van der Waals surface area contributed by atoms with Crippen LogP contribution in [-0.2, 0) is 10.3 Å². The number of hydrogen-bond donors (Lipinski definition) is 0. The van der Waals surface area contributed by atoms with Crippen molar-refractivity contribution in [1.82, 2.24) is 9.55 Å². The molecule has 0 aliphatic carbocycles. The van der Waals surface area contributed by atoms with E-state index in [1.54, 1.807) is 31.7 Å². The van der Waals surface area contributed by atoms with Crippen LogP contribution in [0.3, 0.4) is 0 Å². The average Bonchev–Trinajstić information content (AvgIpc) is 2.90. The molecule has 0 bridgehead atoms. The van der Waals surface area contributed by atoms with Crippen molar-refractivity contribution in [2.45, 2.75) is 26.3 Å². The molecular formula is C15H17FN2O2. The van der Waals surface area contributed by atoms with E-state index in [4.69, 9.17) is 4.74 Å². The molecule has 0 unspecified atom stereocenters. The SMILES string of the molecule is Cc1ccc(C(=O)OCC(C)(C)n2ccnc2)c(F)c1. The Hall–Kier alpha value is -2.17. The van der Waals surface area contributed by atoms with Gasteiger partial charge in [-0.2, -0.15) is 0 Å². The van der Waals surface area contributed by atoms with E-state index in [2.05, 4.69) is 4.98 Å². The largest absolute Gasteiger partial charge is 0.460 e. The predicted molar refractivity (Wildman–Crippen MR) is 73.0 cm³/mol. The molecule has 106 valence electrons. The van der Waals surface area contributed by atoms with E-state index in [0.29, 0.717) is 0 Å². The van der Waals surface area contributed by atoms with Crippen LogP contribution in [0, 0.1) is 12.7 Å². The van der Waals surface area contributed by atoms with Gasteiger partial charge in [-0.25, -0.2) is 14.2 Å². The Morgan fingerprint density at radius 1 is 1.45 bits per heavy atom. The van der Waals surface area contributed by atoms with Gasteiger partial charge >= 0.3 is 5.97 Å². The number of benzene rings is 1. The number of hydrogen-bond acceptors (Lipinski definition) is 3. The fourth-order valence-corrected chi connectivity index (χ4v) is 1.80. The fraction of sp³-hybridized carbons (Fsp3) is 0.333. The molecule has 2 rings (SSSR count). The highest BCUT2D eigenvalue weighted by Crippen LogP contribution is 2.17. The van der Waals surface area contributed by atoms with Gasteiger partial charge in [-0.3, -0.25) is 0 Å². The van der Waals surface area contributed by atoms with Crippen molar-refractivity contribution in [1.29, 1.82) is 0 Å². The first-order valence-corrected chi connectivity index (χ1v) is 6.32. The Labute approximate surface area is 117 Å². The first-order valence-electron chi connectivity index (χ1n) is 6.32. The first kappa shape index (κ1) is 14.2. The summed E-state index contributed by atoms with van der Waals surface area (Å²) in [6, 6.07) is 4.44. The standard InChI is InChI=1S/C15H17FN2O2/c1-11-4-5-12(13(16)8-11)14(19)20-9-15(2,3)18-7-6-17-10-18/h4-8,10H,9H2,1-3H3. The molecule has 0 spiro atoms. The number of carbonyl (C=O) groups excluding carboxylic acids is 1. The summed E-state index contributed by atoms with van der Waals surface area (Å²) in [4.78, 5) is 15.9. The van der Waals surface area contributed by atoms with Crippen LogP contribution in [0.2, 0.25) is 0 Å². The zero-order chi connectivity index (χ0) is 14.8. The number of esters is 1. The van der Waals surface area contributed by atoms with Crippen LogP contribution in [0.4, 0.5) is 4.39 Å². The van der Waals surface area contributed by atoms with Gasteiger partial charge in [0.05, 0.1) is 17.4 Å². The van der Waals surface area contributed by atoms with Crippen molar-refractivity contribution < 1.29 is 13.9 Å². The number of carbonyl (C=O) groups is 1. The van der Waals surface area contributed by atoms with E-state index in [0.717, 1.165) is 5.56 Å². The second-order valence-corrected chi connectivity index (χ2v) is 5.34. The third-order valence-corrected chi connectivity index (χ3v) is 3.10. The molecule has 0 saturated carbocycles. The van der Waals surface area contributed by atoms with Gasteiger partial charge in [-0.1, -0.05) is 6.07 Å². The Bertz CT molecular complexity index is 606. The number of imidazole rings is 1. The van der Waals surface area contributed by atoms with Gasteiger partial charge in [0.2, 0.25) is 0 Å². The highest BCUT2D eigenvalue weighted by Gasteiger charge is 2.23. The van der Waals surface area contributed by atoms with Gasteiger partial charge in [0.15, 0.2) is 0 Å². The molecule has 1 aromatic carbocycles. The molecule has 0 fully saturated rings. The summed E-state index contributed by atoms with van der Waals surface area (Å²) in [6.07, 6.45) is 5.10. The molecule has 1 aromatic heterocycles. The molecule has 0 amide bonds. The summed E-state index contributed by atoms with van der Waals surface area (Å²) in [7, 11) is 0. The molecule has 0 aliphatic rings. The molecule has 0 atom stereocenters. The van der Waals surface area contributed by atoms with E-state index in [1.165, 1.54) is 12.1 Å². The molecule has 2 aromatic rings. The Kier molecular flexibility index (Phi) is 3.88. The third kappa shape index (κ3) is 3.04. The van der Waals surface area contributed by atoms with Gasteiger partial charge in [0, 0.05) is 12.4 Å². The zero-order valence-corrected chi connectivity index (χ0v) is 11.8. The summed E-state index contributed by atoms with van der Waals surface area (Å²) in [5.74, 6) is -1.22. The van der Waals surface area contributed by atoms with Gasteiger partial charge in [-0.05, 0) is 38.5 Å². The van der Waals surface area contributed by atoms with Crippen LogP contribution in [0.1, 0.15) is 29.8 Å². The van der Waals surface area contributed by atoms with E-state index in [-0.39, 0.29) is 12.2 Å². The lowest BCUT2D eigenvalue weighted by Gasteiger charge is -2.25. The fourth-order valence-electron chi connectivity index (χ4n) is 1.80. The van der Waals surface area contributed by atoms with E-state index >= 15 is 0 Å². The Morgan fingerprint density at radius 2 is 2.20 bits per heavy atom. The molecule has 4 nitrogen and oxygen atoms in total. The Balaban J connectivity index is 2.05. The summed E-state index contributed by atoms with van der Waals surface area (Å²) < 4.78 is 20.7. The minimum Gasteiger partial charge on any atom is -0.460 e. The lowest BCUT2D eigenvalue weighted by molar-refractivity contribution is 0.0352. The predicted octanol–water partition coefficient (Wildman–Crippen LogP) is 2.92. The minimum atomic E-state index is -0.657.